The Morgan fingerprint density at radius 1 is 0.947 bits per heavy atom. The van der Waals surface area contributed by atoms with E-state index in [1.165, 1.54) is 0 Å². The molecule has 102 valence electrons. The van der Waals surface area contributed by atoms with Crippen LogP contribution in [0.2, 0.25) is 0 Å². The molecule has 0 saturated carbocycles. The first-order chi connectivity index (χ1) is 9.07. The van der Waals surface area contributed by atoms with E-state index in [-0.39, 0.29) is 6.61 Å². The molecule has 1 N–H and O–H groups in total. The molecule has 0 unspecified atom stereocenters. The fourth-order valence-corrected chi connectivity index (χ4v) is 7.91. The van der Waals surface area contributed by atoms with E-state index in [4.69, 9.17) is 27.8 Å². The summed E-state index contributed by atoms with van der Waals surface area (Å²) in [6.45, 7) is 0.0215. The van der Waals surface area contributed by atoms with Gasteiger partial charge < -0.3 is 0 Å². The molecule has 0 bridgehead atoms. The van der Waals surface area contributed by atoms with Crippen molar-refractivity contribution in [1.29, 1.82) is 0 Å². The Bertz CT molecular complexity index is 489. The van der Waals surface area contributed by atoms with Gasteiger partial charge >= 0.3 is 124 Å². The first-order valence-electron chi connectivity index (χ1n) is 5.64. The fraction of sp³-hybridized carbons (Fsp3) is 0.143. The minimum atomic E-state index is -3.31. The number of hydrogen-bond acceptors (Lipinski definition) is 2. The van der Waals surface area contributed by atoms with E-state index in [0.717, 1.165) is 18.5 Å². The van der Waals surface area contributed by atoms with Gasteiger partial charge in [0.1, 0.15) is 0 Å². The molecule has 0 aromatic heterocycles. The van der Waals surface area contributed by atoms with Crippen LogP contribution >= 0.6 is 17.9 Å². The second-order valence-corrected chi connectivity index (χ2v) is 16.6. The zero-order valence-electron chi connectivity index (χ0n) is 10.3. The van der Waals surface area contributed by atoms with Crippen LogP contribution in [0.5, 0.6) is 5.75 Å². The molecule has 0 aliphatic carbocycles. The number of hydrogen-bond donors (Lipinski definition) is 1. The molecule has 0 radical (unpaired) electrons. The number of ether oxygens (including phenoxy) is 1. The predicted molar refractivity (Wildman–Crippen MR) is 82.1 cm³/mol. The Morgan fingerprint density at radius 2 is 1.42 bits per heavy atom. The molecule has 0 heterocycles. The molecule has 2 nitrogen and oxygen atoms in total. The first-order valence-corrected chi connectivity index (χ1v) is 13.9. The van der Waals surface area contributed by atoms with Crippen molar-refractivity contribution in [3.05, 3.63) is 54.1 Å². The molecule has 0 saturated heterocycles. The van der Waals surface area contributed by atoms with E-state index in [2.05, 4.69) is 0 Å². The van der Waals surface area contributed by atoms with Gasteiger partial charge in [-0.05, 0) is 0 Å². The van der Waals surface area contributed by atoms with Crippen molar-refractivity contribution in [1.82, 2.24) is 0 Å². The molecule has 0 fully saturated rings. The zero-order chi connectivity index (χ0) is 13.9. The van der Waals surface area contributed by atoms with Crippen molar-refractivity contribution >= 4 is 41.1 Å². The summed E-state index contributed by atoms with van der Waals surface area (Å²) < 4.78 is 7.04. The monoisotopic (exact) mass is 414 g/mol. The molecule has 5 heteroatoms. The van der Waals surface area contributed by atoms with Crippen LogP contribution in [0.15, 0.2) is 48.5 Å². The van der Waals surface area contributed by atoms with Gasteiger partial charge in [-0.2, -0.15) is 0 Å². The van der Waals surface area contributed by atoms with E-state index in [9.17, 15) is 0 Å². The standard InChI is InChI=1S/C14H14Cl2O2Te/c1-18-12-4-8-14(9-5-12)19(15,16)13-6-2-11(10-17)3-7-13/h2-9,17H,10H2,1H3. The third kappa shape index (κ3) is 3.37. The van der Waals surface area contributed by atoms with Crippen molar-refractivity contribution in [3.8, 4) is 5.75 Å². The van der Waals surface area contributed by atoms with Crippen molar-refractivity contribution < 1.29 is 9.84 Å². The van der Waals surface area contributed by atoms with E-state index in [1.54, 1.807) is 7.11 Å². The van der Waals surface area contributed by atoms with Gasteiger partial charge in [0.15, 0.2) is 0 Å². The van der Waals surface area contributed by atoms with E-state index < -0.39 is 15.9 Å². The summed E-state index contributed by atoms with van der Waals surface area (Å²) in [5.41, 5.74) is 0.852. The molecule has 0 aliphatic rings. The van der Waals surface area contributed by atoms with Crippen molar-refractivity contribution in [2.24, 2.45) is 0 Å². The average Bonchev–Trinajstić information content (AvgIpc) is 2.47. The Balaban J connectivity index is 2.33. The summed E-state index contributed by atoms with van der Waals surface area (Å²) in [7, 11) is 14.9. The molecule has 0 atom stereocenters. The average molecular weight is 413 g/mol. The van der Waals surface area contributed by atoms with E-state index in [0.29, 0.717) is 0 Å². The molecule has 2 rings (SSSR count). The van der Waals surface area contributed by atoms with Crippen molar-refractivity contribution in [2.75, 3.05) is 7.11 Å². The summed E-state index contributed by atoms with van der Waals surface area (Å²) in [5.74, 6) is 0.784. The van der Waals surface area contributed by atoms with Crippen molar-refractivity contribution in [2.45, 2.75) is 6.61 Å². The SMILES string of the molecule is COc1ccc([Te](Cl)(Cl)c2ccc(CO)cc2)cc1. The summed E-state index contributed by atoms with van der Waals surface area (Å²) in [5, 5.41) is 9.04. The summed E-state index contributed by atoms with van der Waals surface area (Å²) >= 11 is -3.31. The van der Waals surface area contributed by atoms with Gasteiger partial charge in [-0.3, -0.25) is 0 Å². The Hall–Kier alpha value is -0.430. The first kappa shape index (κ1) is 15.0. The third-order valence-corrected chi connectivity index (χ3v) is 12.5. The maximum atomic E-state index is 9.04. The Kier molecular flexibility index (Phi) is 5.00. The number of aliphatic hydroxyl groups is 1. The molecular formula is C14H14Cl2O2Te. The van der Waals surface area contributed by atoms with Gasteiger partial charge in [0.05, 0.1) is 0 Å². The van der Waals surface area contributed by atoms with Gasteiger partial charge in [-0.1, -0.05) is 0 Å². The Labute approximate surface area is 124 Å². The molecule has 0 amide bonds. The number of benzene rings is 2. The number of halogens is 2. The van der Waals surface area contributed by atoms with Crippen LogP contribution in [0.3, 0.4) is 0 Å². The zero-order valence-corrected chi connectivity index (χ0v) is 14.2. The molecule has 2 aromatic rings. The summed E-state index contributed by atoms with van der Waals surface area (Å²) in [6.07, 6.45) is 0. The van der Waals surface area contributed by atoms with Gasteiger partial charge in [-0.15, -0.1) is 0 Å². The molecule has 19 heavy (non-hydrogen) atoms. The predicted octanol–water partition coefficient (Wildman–Crippen LogP) is 2.22. The molecule has 0 spiro atoms. The van der Waals surface area contributed by atoms with Crippen LogP contribution in [-0.2, 0) is 6.61 Å². The molecule has 0 aliphatic heterocycles. The number of methoxy groups -OCH3 is 1. The van der Waals surface area contributed by atoms with Crippen LogP contribution in [0.4, 0.5) is 0 Å². The van der Waals surface area contributed by atoms with Crippen LogP contribution in [-0.4, -0.2) is 28.2 Å². The number of rotatable bonds is 4. The normalized spacial score (nSPS) is 12.2. The maximum absolute atomic E-state index is 9.04. The van der Waals surface area contributed by atoms with Gasteiger partial charge in [-0.25, -0.2) is 0 Å². The molecule has 2 aromatic carbocycles. The van der Waals surface area contributed by atoms with E-state index >= 15 is 0 Å². The van der Waals surface area contributed by atoms with E-state index in [1.807, 2.05) is 48.5 Å². The quantitative estimate of drug-likeness (QED) is 0.780. The van der Waals surface area contributed by atoms with Crippen LogP contribution < -0.4 is 12.0 Å². The van der Waals surface area contributed by atoms with Crippen LogP contribution in [0, 0.1) is 0 Å². The van der Waals surface area contributed by atoms with Crippen LogP contribution in [0.1, 0.15) is 5.56 Å². The van der Waals surface area contributed by atoms with Gasteiger partial charge in [0.25, 0.3) is 0 Å². The van der Waals surface area contributed by atoms with Crippen LogP contribution in [0.25, 0.3) is 0 Å². The summed E-state index contributed by atoms with van der Waals surface area (Å²) in [4.78, 5) is 0. The second-order valence-electron chi connectivity index (χ2n) is 3.95. The molecular weight excluding hydrogens is 399 g/mol. The Morgan fingerprint density at radius 3 is 1.84 bits per heavy atom. The second kappa shape index (κ2) is 6.35. The fourth-order valence-electron chi connectivity index (χ4n) is 1.65. The topological polar surface area (TPSA) is 29.5 Å². The minimum absolute atomic E-state index is 0.0215. The van der Waals surface area contributed by atoms with Gasteiger partial charge in [0, 0.05) is 0 Å². The third-order valence-electron chi connectivity index (χ3n) is 2.76. The van der Waals surface area contributed by atoms with Crippen molar-refractivity contribution in [3.63, 3.8) is 0 Å². The summed E-state index contributed by atoms with van der Waals surface area (Å²) in [6, 6.07) is 15.1. The van der Waals surface area contributed by atoms with Gasteiger partial charge in [0.2, 0.25) is 0 Å². The number of aliphatic hydroxyl groups excluding tert-OH is 1.